The topological polar surface area (TPSA) is 61.7 Å². The van der Waals surface area contributed by atoms with E-state index in [0.29, 0.717) is 28.0 Å². The minimum atomic E-state index is -0.633. The normalized spacial score (nSPS) is 14.1. The van der Waals surface area contributed by atoms with E-state index in [9.17, 15) is 14.0 Å². The van der Waals surface area contributed by atoms with Crippen molar-refractivity contribution in [2.24, 2.45) is 0 Å². The van der Waals surface area contributed by atoms with Crippen molar-refractivity contribution < 1.29 is 13.5 Å². The van der Waals surface area contributed by atoms with Gasteiger partial charge in [0, 0.05) is 16.5 Å². The SMILES string of the molecule is COc1ccc(F)cc1-c1c(F)cnc2[nH]c(C3=CCCCC3)c(C#N)c12. The number of aromatic nitrogens is 2. The molecular formula is C21H17F2N3O. The van der Waals surface area contributed by atoms with E-state index in [2.05, 4.69) is 22.1 Å². The summed E-state index contributed by atoms with van der Waals surface area (Å²) in [6.07, 6.45) is 7.14. The summed E-state index contributed by atoms with van der Waals surface area (Å²) in [6.45, 7) is 0. The van der Waals surface area contributed by atoms with Gasteiger partial charge in [0.2, 0.25) is 0 Å². The first-order chi connectivity index (χ1) is 13.1. The van der Waals surface area contributed by atoms with Crippen LogP contribution >= 0.6 is 0 Å². The molecule has 0 saturated carbocycles. The summed E-state index contributed by atoms with van der Waals surface area (Å²) in [5.41, 5.74) is 2.80. The largest absolute Gasteiger partial charge is 0.496 e. The second kappa shape index (κ2) is 6.84. The maximum absolute atomic E-state index is 14.8. The third-order valence-corrected chi connectivity index (χ3v) is 4.93. The lowest BCUT2D eigenvalue weighted by atomic mass is 9.93. The Kier molecular flexibility index (Phi) is 4.36. The van der Waals surface area contributed by atoms with E-state index in [0.717, 1.165) is 37.5 Å². The molecule has 0 radical (unpaired) electrons. The highest BCUT2D eigenvalue weighted by Gasteiger charge is 2.24. The van der Waals surface area contributed by atoms with E-state index < -0.39 is 11.6 Å². The van der Waals surface area contributed by atoms with E-state index in [1.54, 1.807) is 0 Å². The highest BCUT2D eigenvalue weighted by atomic mass is 19.1. The number of aromatic amines is 1. The van der Waals surface area contributed by atoms with Crippen molar-refractivity contribution in [1.29, 1.82) is 5.26 Å². The molecule has 27 heavy (non-hydrogen) atoms. The van der Waals surface area contributed by atoms with Crippen LogP contribution in [0.1, 0.15) is 36.9 Å². The average molecular weight is 365 g/mol. The first kappa shape index (κ1) is 17.2. The number of methoxy groups -OCH3 is 1. The van der Waals surface area contributed by atoms with Gasteiger partial charge in [0.05, 0.1) is 24.6 Å². The molecule has 0 aliphatic heterocycles. The fraction of sp³-hybridized carbons (Fsp3) is 0.238. The summed E-state index contributed by atoms with van der Waals surface area (Å²) < 4.78 is 34.0. The van der Waals surface area contributed by atoms with Gasteiger partial charge in [-0.3, -0.25) is 0 Å². The van der Waals surface area contributed by atoms with E-state index in [4.69, 9.17) is 4.74 Å². The lowest BCUT2D eigenvalue weighted by Gasteiger charge is -2.12. The molecule has 4 rings (SSSR count). The number of pyridine rings is 1. The number of benzene rings is 1. The quantitative estimate of drug-likeness (QED) is 0.681. The van der Waals surface area contributed by atoms with Crippen LogP contribution in [0.15, 0.2) is 30.5 Å². The Balaban J connectivity index is 2.06. The van der Waals surface area contributed by atoms with Crippen LogP contribution in [0.2, 0.25) is 0 Å². The number of nitrogens with zero attached hydrogens (tertiary/aromatic N) is 2. The zero-order chi connectivity index (χ0) is 19.0. The van der Waals surface area contributed by atoms with Crippen molar-refractivity contribution >= 4 is 16.6 Å². The highest BCUT2D eigenvalue weighted by molar-refractivity contribution is 6.01. The maximum Gasteiger partial charge on any atom is 0.150 e. The summed E-state index contributed by atoms with van der Waals surface area (Å²) >= 11 is 0. The molecule has 1 aromatic carbocycles. The monoisotopic (exact) mass is 365 g/mol. The Bertz CT molecular complexity index is 1110. The van der Waals surface area contributed by atoms with Crippen LogP contribution < -0.4 is 4.74 Å². The van der Waals surface area contributed by atoms with Gasteiger partial charge >= 0.3 is 0 Å². The summed E-state index contributed by atoms with van der Waals surface area (Å²) in [7, 11) is 1.44. The van der Waals surface area contributed by atoms with Crippen LogP contribution in [0.4, 0.5) is 8.78 Å². The Hall–Kier alpha value is -3.20. The smallest absolute Gasteiger partial charge is 0.150 e. The minimum Gasteiger partial charge on any atom is -0.496 e. The van der Waals surface area contributed by atoms with Crippen molar-refractivity contribution in [2.75, 3.05) is 7.11 Å². The minimum absolute atomic E-state index is 0.117. The average Bonchev–Trinajstić information content (AvgIpc) is 3.07. The molecular weight excluding hydrogens is 348 g/mol. The lowest BCUT2D eigenvalue weighted by molar-refractivity contribution is 0.415. The van der Waals surface area contributed by atoms with Crippen LogP contribution in [0.5, 0.6) is 5.75 Å². The summed E-state index contributed by atoms with van der Waals surface area (Å²) in [5.74, 6) is -0.822. The summed E-state index contributed by atoms with van der Waals surface area (Å²) in [5, 5.41) is 10.2. The second-order valence-corrected chi connectivity index (χ2v) is 6.51. The second-order valence-electron chi connectivity index (χ2n) is 6.51. The van der Waals surface area contributed by atoms with E-state index in [-0.39, 0.29) is 11.1 Å². The van der Waals surface area contributed by atoms with Gasteiger partial charge in [0.25, 0.3) is 0 Å². The number of allylic oxidation sites excluding steroid dienone is 2. The number of ether oxygens (including phenoxy) is 1. The van der Waals surface area contributed by atoms with E-state index >= 15 is 0 Å². The van der Waals surface area contributed by atoms with Crippen molar-refractivity contribution in [3.05, 3.63) is 53.4 Å². The fourth-order valence-electron chi connectivity index (χ4n) is 3.69. The van der Waals surface area contributed by atoms with Gasteiger partial charge in [-0.15, -0.1) is 0 Å². The van der Waals surface area contributed by atoms with Crippen LogP contribution in [0.3, 0.4) is 0 Å². The summed E-state index contributed by atoms with van der Waals surface area (Å²) in [6, 6.07) is 6.10. The van der Waals surface area contributed by atoms with Gasteiger partial charge in [-0.05, 0) is 49.5 Å². The number of hydrogen-bond donors (Lipinski definition) is 1. The Morgan fingerprint density at radius 1 is 1.26 bits per heavy atom. The first-order valence-corrected chi connectivity index (χ1v) is 8.77. The fourth-order valence-corrected chi connectivity index (χ4v) is 3.69. The Morgan fingerprint density at radius 3 is 2.81 bits per heavy atom. The standard InChI is InChI=1S/C21H17F2N3O/c1-27-17-8-7-13(22)9-14(17)18-16(23)11-25-21-19(18)15(10-24)20(26-21)12-5-3-2-4-6-12/h5,7-9,11H,2-4,6H2,1H3,(H,25,26). The predicted octanol–water partition coefficient (Wildman–Crippen LogP) is 5.35. The number of nitrogens with one attached hydrogen (secondary N) is 1. The van der Waals surface area contributed by atoms with Gasteiger partial charge in [-0.2, -0.15) is 5.26 Å². The summed E-state index contributed by atoms with van der Waals surface area (Å²) in [4.78, 5) is 7.30. The number of nitriles is 1. The number of H-pyrrole nitrogens is 1. The Labute approximate surface area is 155 Å². The molecule has 0 atom stereocenters. The number of hydrogen-bond acceptors (Lipinski definition) is 3. The van der Waals surface area contributed by atoms with Crippen molar-refractivity contribution in [3.8, 4) is 22.9 Å². The molecule has 0 saturated heterocycles. The van der Waals surface area contributed by atoms with Gasteiger partial charge in [0.1, 0.15) is 29.1 Å². The molecule has 6 heteroatoms. The zero-order valence-corrected chi connectivity index (χ0v) is 14.8. The Morgan fingerprint density at radius 2 is 2.11 bits per heavy atom. The molecule has 0 spiro atoms. The molecule has 0 amide bonds. The van der Waals surface area contributed by atoms with Crippen LogP contribution in [0, 0.1) is 23.0 Å². The lowest BCUT2D eigenvalue weighted by Crippen LogP contribution is -1.95. The number of halogens is 2. The van der Waals surface area contributed by atoms with Crippen LogP contribution in [0.25, 0.3) is 27.7 Å². The van der Waals surface area contributed by atoms with Gasteiger partial charge < -0.3 is 9.72 Å². The molecule has 4 nitrogen and oxygen atoms in total. The number of fused-ring (bicyclic) bond motifs is 1. The number of rotatable bonds is 3. The van der Waals surface area contributed by atoms with Gasteiger partial charge in [-0.1, -0.05) is 6.08 Å². The molecule has 136 valence electrons. The molecule has 0 fully saturated rings. The molecule has 0 bridgehead atoms. The molecule has 1 N–H and O–H groups in total. The third kappa shape index (κ3) is 2.85. The first-order valence-electron chi connectivity index (χ1n) is 8.77. The molecule has 1 aliphatic rings. The zero-order valence-electron chi connectivity index (χ0n) is 14.8. The molecule has 2 heterocycles. The van der Waals surface area contributed by atoms with Crippen molar-refractivity contribution in [1.82, 2.24) is 9.97 Å². The van der Waals surface area contributed by atoms with Crippen LogP contribution in [-0.2, 0) is 0 Å². The molecule has 0 unspecified atom stereocenters. The van der Waals surface area contributed by atoms with Crippen LogP contribution in [-0.4, -0.2) is 17.1 Å². The third-order valence-electron chi connectivity index (χ3n) is 4.93. The predicted molar refractivity (Wildman–Crippen MR) is 99.2 cm³/mol. The van der Waals surface area contributed by atoms with E-state index in [1.165, 1.54) is 25.3 Å². The molecule has 2 aromatic heterocycles. The molecule has 3 aromatic rings. The maximum atomic E-state index is 14.8. The van der Waals surface area contributed by atoms with Gasteiger partial charge in [-0.25, -0.2) is 13.8 Å². The molecule has 1 aliphatic carbocycles. The van der Waals surface area contributed by atoms with Crippen molar-refractivity contribution in [2.45, 2.75) is 25.7 Å². The van der Waals surface area contributed by atoms with Crippen molar-refractivity contribution in [3.63, 3.8) is 0 Å². The highest BCUT2D eigenvalue weighted by Crippen LogP contribution is 2.41. The van der Waals surface area contributed by atoms with E-state index in [1.807, 2.05) is 0 Å². The van der Waals surface area contributed by atoms with Gasteiger partial charge in [0.15, 0.2) is 0 Å².